The zero-order chi connectivity index (χ0) is 52.0. The number of piperidine rings is 1. The summed E-state index contributed by atoms with van der Waals surface area (Å²) in [5.41, 5.74) is 8.43. The molecule has 0 bridgehead atoms. The third kappa shape index (κ3) is 10.3. The minimum Gasteiger partial charge on any atom is -0.490 e. The number of piperazine rings is 1. The fourth-order valence-corrected chi connectivity index (χ4v) is 13.0. The van der Waals surface area contributed by atoms with E-state index in [1.165, 1.54) is 30.6 Å². The summed E-state index contributed by atoms with van der Waals surface area (Å²) >= 11 is 1.44. The number of carbonyl (C=O) groups is 4. The van der Waals surface area contributed by atoms with E-state index in [9.17, 15) is 24.3 Å². The number of aromatic nitrogens is 4. The second-order valence-corrected chi connectivity index (χ2v) is 22.6. The number of carboxylic acids is 1. The summed E-state index contributed by atoms with van der Waals surface area (Å²) in [6.07, 6.45) is 9.47. The molecule has 0 radical (unpaired) electrons. The number of carboxylic acid groups (broad SMARTS) is 1. The molecule has 4 aliphatic rings. The first-order valence-corrected chi connectivity index (χ1v) is 27.4. The lowest BCUT2D eigenvalue weighted by atomic mass is 9.84. The van der Waals surface area contributed by atoms with Crippen LogP contribution in [0.5, 0.6) is 5.75 Å². The Kier molecular flexibility index (Phi) is 13.9. The molecule has 3 aromatic heterocycles. The van der Waals surface area contributed by atoms with Gasteiger partial charge in [0.1, 0.15) is 11.6 Å². The molecule has 3 aliphatic heterocycles. The van der Waals surface area contributed by atoms with E-state index in [0.29, 0.717) is 60.3 Å². The van der Waals surface area contributed by atoms with Crippen LogP contribution >= 0.6 is 11.3 Å². The second kappa shape index (κ2) is 20.9. The molecule has 3 amide bonds. The largest absolute Gasteiger partial charge is 0.490 e. The molecule has 7 aromatic rings. The Bertz CT molecular complexity index is 3310. The van der Waals surface area contributed by atoms with Crippen LogP contribution in [-0.4, -0.2) is 97.8 Å². The van der Waals surface area contributed by atoms with Crippen LogP contribution < -0.4 is 25.2 Å². The Morgan fingerprint density at radius 1 is 0.880 bits per heavy atom. The van der Waals surface area contributed by atoms with Crippen LogP contribution in [0.3, 0.4) is 0 Å². The summed E-state index contributed by atoms with van der Waals surface area (Å²) in [4.78, 5) is 67.6. The molecule has 1 atom stereocenters. The van der Waals surface area contributed by atoms with E-state index in [4.69, 9.17) is 14.8 Å². The lowest BCUT2D eigenvalue weighted by molar-refractivity contribution is -0.134. The normalized spacial score (nSPS) is 20.0. The summed E-state index contributed by atoms with van der Waals surface area (Å²) in [6.45, 7) is 11.7. The van der Waals surface area contributed by atoms with Gasteiger partial charge in [0, 0.05) is 73.9 Å². The summed E-state index contributed by atoms with van der Waals surface area (Å²) in [5, 5.41) is 22.3. The molecule has 6 heterocycles. The molecule has 2 saturated heterocycles. The third-order valence-electron chi connectivity index (χ3n) is 16.2. The van der Waals surface area contributed by atoms with Gasteiger partial charge in [-0.3, -0.25) is 34.6 Å². The Morgan fingerprint density at radius 3 is 2.51 bits per heavy atom. The number of amides is 3. The number of anilines is 3. The standard InChI is InChI=1S/C59H65N9O6S/c1-36-41(42-24-26-51(61-54(42)57(72)73)67-30-28-38-12-9-14-43(46(38)34-67)55(70)63-58-60-47-15-5-6-17-50(47)75-58)13-10-16-49(36)74-40-21-18-37(19-22-40)11-7-8-29-66-31-32-68(59(2,3)35-66)39-20-23-44-48(33-39)65(4)64-53(44)45-25-27-52(69)62-56(45)71/h5-6,9-10,12-17,20,23-24,26,33,37,40,45H,7-8,11,18-19,21-22,25,27-32,34-35H2,1-4H3,(H,72,73)(H,60,63,70)(H,62,69,71). The SMILES string of the molecule is Cc1c(OC2CCC(CCCCN3CCN(c4ccc5c(C6CCC(=O)NC6=O)nn(C)c5c4)C(C)(C)C3)CC2)cccc1-c1ccc(N2CCc3cccc(C(=O)Nc4nc5ccccc5s4)c3C2)nc1C(=O)O. The maximum atomic E-state index is 13.7. The predicted molar refractivity (Wildman–Crippen MR) is 294 cm³/mol. The van der Waals surface area contributed by atoms with Crippen molar-refractivity contribution in [2.45, 2.75) is 109 Å². The van der Waals surface area contributed by atoms with Crippen LogP contribution in [0.2, 0.25) is 0 Å². The molecule has 1 saturated carbocycles. The van der Waals surface area contributed by atoms with Crippen LogP contribution in [0.1, 0.15) is 121 Å². The monoisotopic (exact) mass is 1030 g/mol. The molecule has 15 nitrogen and oxygen atoms in total. The number of hydrogen-bond donors (Lipinski definition) is 3. The minimum absolute atomic E-state index is 0.0181. The van der Waals surface area contributed by atoms with Crippen molar-refractivity contribution in [1.82, 2.24) is 30.0 Å². The molecule has 75 heavy (non-hydrogen) atoms. The highest BCUT2D eigenvalue weighted by Crippen LogP contribution is 2.39. The van der Waals surface area contributed by atoms with Gasteiger partial charge in [0.15, 0.2) is 10.8 Å². The number of carbonyl (C=O) groups excluding carboxylic acids is 3. The number of unbranched alkanes of at least 4 members (excludes halogenated alkanes) is 1. The smallest absolute Gasteiger partial charge is 0.355 e. The van der Waals surface area contributed by atoms with Crippen molar-refractivity contribution in [3.05, 3.63) is 125 Å². The molecule has 388 valence electrons. The number of nitrogens with one attached hydrogen (secondary N) is 2. The van der Waals surface area contributed by atoms with Crippen molar-refractivity contribution >= 4 is 72.8 Å². The predicted octanol–water partition coefficient (Wildman–Crippen LogP) is 10.3. The maximum Gasteiger partial charge on any atom is 0.355 e. The number of aromatic carboxylic acids is 1. The molecule has 1 aliphatic carbocycles. The number of imide groups is 1. The fourth-order valence-electron chi connectivity index (χ4n) is 12.2. The lowest BCUT2D eigenvalue weighted by Crippen LogP contribution is -2.59. The number of benzene rings is 4. The number of nitrogens with zero attached hydrogens (tertiary/aromatic N) is 7. The number of hydrogen-bond acceptors (Lipinski definition) is 12. The van der Waals surface area contributed by atoms with Gasteiger partial charge >= 0.3 is 5.97 Å². The molecule has 3 fully saturated rings. The quantitative estimate of drug-likeness (QED) is 0.0696. The van der Waals surface area contributed by atoms with Crippen LogP contribution in [0.15, 0.2) is 91.0 Å². The average molecular weight is 1030 g/mol. The lowest BCUT2D eigenvalue weighted by Gasteiger charge is -2.48. The minimum atomic E-state index is -1.10. The van der Waals surface area contributed by atoms with Gasteiger partial charge in [-0.2, -0.15) is 5.10 Å². The molecule has 16 heteroatoms. The summed E-state index contributed by atoms with van der Waals surface area (Å²) < 4.78 is 9.57. The Balaban J connectivity index is 0.660. The number of pyridine rings is 1. The van der Waals surface area contributed by atoms with E-state index in [2.05, 4.69) is 68.4 Å². The highest BCUT2D eigenvalue weighted by Gasteiger charge is 2.36. The van der Waals surface area contributed by atoms with Crippen molar-refractivity contribution in [2.24, 2.45) is 13.0 Å². The van der Waals surface area contributed by atoms with Crippen molar-refractivity contribution in [1.29, 1.82) is 0 Å². The number of thiazole rings is 1. The van der Waals surface area contributed by atoms with E-state index in [1.54, 1.807) is 0 Å². The summed E-state index contributed by atoms with van der Waals surface area (Å²) in [5.74, 6) is -0.208. The number of ether oxygens (including phenoxy) is 1. The van der Waals surface area contributed by atoms with Crippen molar-refractivity contribution in [2.75, 3.05) is 47.8 Å². The van der Waals surface area contributed by atoms with Crippen LogP contribution in [0.25, 0.3) is 32.2 Å². The third-order valence-corrected chi connectivity index (χ3v) is 17.1. The van der Waals surface area contributed by atoms with Gasteiger partial charge in [0.2, 0.25) is 11.8 Å². The molecule has 1 unspecified atom stereocenters. The topological polar surface area (TPSA) is 175 Å². The molecule has 11 rings (SSSR count). The van der Waals surface area contributed by atoms with E-state index < -0.39 is 11.9 Å². The van der Waals surface area contributed by atoms with Crippen molar-refractivity contribution < 1.29 is 29.0 Å². The molecule has 3 N–H and O–H groups in total. The number of para-hydroxylation sites is 1. The average Bonchev–Trinajstić information content (AvgIpc) is 3.97. The first kappa shape index (κ1) is 50.0. The molecular formula is C59H65N9O6S. The van der Waals surface area contributed by atoms with E-state index in [0.717, 1.165) is 112 Å². The number of rotatable bonds is 14. The first-order valence-electron chi connectivity index (χ1n) is 26.6. The summed E-state index contributed by atoms with van der Waals surface area (Å²) in [7, 11) is 1.93. The summed E-state index contributed by atoms with van der Waals surface area (Å²) in [6, 6.07) is 29.7. The molecule has 0 spiro atoms. The van der Waals surface area contributed by atoms with Crippen molar-refractivity contribution in [3.63, 3.8) is 0 Å². The van der Waals surface area contributed by atoms with Gasteiger partial charge in [-0.1, -0.05) is 60.6 Å². The Hall–Kier alpha value is -7.17. The number of aryl methyl sites for hydroxylation is 1. The maximum absolute atomic E-state index is 13.7. The highest BCUT2D eigenvalue weighted by molar-refractivity contribution is 7.22. The second-order valence-electron chi connectivity index (χ2n) is 21.6. The Labute approximate surface area is 441 Å². The van der Waals surface area contributed by atoms with Gasteiger partial charge in [-0.25, -0.2) is 14.8 Å². The van der Waals surface area contributed by atoms with Crippen LogP contribution in [0.4, 0.5) is 16.6 Å². The first-order chi connectivity index (χ1) is 36.3. The van der Waals surface area contributed by atoms with E-state index in [1.807, 2.05) is 85.4 Å². The van der Waals surface area contributed by atoms with Gasteiger partial charge in [0.25, 0.3) is 5.91 Å². The van der Waals surface area contributed by atoms with Gasteiger partial charge in [0.05, 0.1) is 33.4 Å². The fraction of sp³-hybridized carbons (Fsp3) is 0.407. The van der Waals surface area contributed by atoms with Gasteiger partial charge < -0.3 is 19.6 Å². The number of fused-ring (bicyclic) bond motifs is 3. The van der Waals surface area contributed by atoms with Gasteiger partial charge in [-0.05, 0) is 155 Å². The van der Waals surface area contributed by atoms with Crippen LogP contribution in [0, 0.1) is 12.8 Å². The van der Waals surface area contributed by atoms with Crippen molar-refractivity contribution in [3.8, 4) is 16.9 Å². The zero-order valence-electron chi connectivity index (χ0n) is 43.2. The Morgan fingerprint density at radius 2 is 1.71 bits per heavy atom. The van der Waals surface area contributed by atoms with Crippen LogP contribution in [-0.2, 0) is 29.6 Å². The molecule has 4 aromatic carbocycles. The van der Waals surface area contributed by atoms with E-state index in [-0.39, 0.29) is 35.1 Å². The van der Waals surface area contributed by atoms with Gasteiger partial charge in [-0.15, -0.1) is 0 Å². The zero-order valence-corrected chi connectivity index (χ0v) is 44.0. The molecular weight excluding hydrogens is 963 g/mol. The van der Waals surface area contributed by atoms with E-state index >= 15 is 0 Å². The highest BCUT2D eigenvalue weighted by atomic mass is 32.1.